The number of hydrogen-bond donors (Lipinski definition) is 1. The fourth-order valence-corrected chi connectivity index (χ4v) is 2.06. The van der Waals surface area contributed by atoms with Gasteiger partial charge in [0.25, 0.3) is 5.78 Å². The molecule has 0 aromatic heterocycles. The van der Waals surface area contributed by atoms with Crippen molar-refractivity contribution in [3.63, 3.8) is 0 Å². The largest absolute Gasteiger partial charge is 0.453 e. The van der Waals surface area contributed by atoms with E-state index in [1.807, 2.05) is 0 Å². The summed E-state index contributed by atoms with van der Waals surface area (Å²) in [5.74, 6) is -2.25. The van der Waals surface area contributed by atoms with Crippen molar-refractivity contribution in [2.75, 3.05) is 19.8 Å². The standard InChI is InChI=1S/C13H17N3O5/c1-3-8-21-12(20)10(15-14)11(19)13(2,5-7-17)16-6-4-9(16)18/h3,17H,1,4-8H2,2H3/t13-/m1/s1. The van der Waals surface area contributed by atoms with E-state index in [4.69, 9.17) is 10.6 Å². The number of likely N-dealkylation sites (tertiary alicyclic amines) is 1. The fraction of sp³-hybridized carbons (Fsp3) is 0.538. The fourth-order valence-electron chi connectivity index (χ4n) is 2.06. The lowest BCUT2D eigenvalue weighted by Crippen LogP contribution is -2.63. The van der Waals surface area contributed by atoms with Crippen molar-refractivity contribution in [3.8, 4) is 0 Å². The molecule has 1 fully saturated rings. The number of ether oxygens (including phenoxy) is 1. The molecular formula is C13H17N3O5. The van der Waals surface area contributed by atoms with E-state index in [1.165, 1.54) is 17.9 Å². The molecule has 1 N–H and O–H groups in total. The molecule has 8 nitrogen and oxygen atoms in total. The highest BCUT2D eigenvalue weighted by molar-refractivity contribution is 6.64. The van der Waals surface area contributed by atoms with Crippen LogP contribution in [0.25, 0.3) is 5.53 Å². The van der Waals surface area contributed by atoms with Gasteiger partial charge in [-0.1, -0.05) is 12.7 Å². The first-order valence-electron chi connectivity index (χ1n) is 6.38. The molecule has 21 heavy (non-hydrogen) atoms. The Labute approximate surface area is 121 Å². The number of Topliss-reactive ketones (excluding diaryl/α,β-unsaturated/α-hetero) is 1. The molecule has 0 radical (unpaired) electrons. The number of aliphatic hydroxyl groups is 1. The zero-order valence-electron chi connectivity index (χ0n) is 11.7. The summed E-state index contributed by atoms with van der Waals surface area (Å²) in [6.07, 6.45) is 1.51. The van der Waals surface area contributed by atoms with Crippen molar-refractivity contribution < 1.29 is 29.0 Å². The Kier molecular flexibility index (Phi) is 5.52. The van der Waals surface area contributed by atoms with Crippen LogP contribution in [-0.2, 0) is 19.1 Å². The first kappa shape index (κ1) is 16.7. The number of amides is 1. The Bertz CT molecular complexity index is 524. The second kappa shape index (κ2) is 6.92. The van der Waals surface area contributed by atoms with E-state index in [0.29, 0.717) is 13.0 Å². The predicted octanol–water partition coefficient (Wildman–Crippen LogP) is -0.671. The summed E-state index contributed by atoms with van der Waals surface area (Å²) in [6.45, 7) is 4.58. The summed E-state index contributed by atoms with van der Waals surface area (Å²) in [5, 5.41) is 9.12. The summed E-state index contributed by atoms with van der Waals surface area (Å²) < 4.78 is 4.66. The van der Waals surface area contributed by atoms with Crippen molar-refractivity contribution >= 4 is 23.4 Å². The van der Waals surface area contributed by atoms with E-state index < -0.39 is 23.0 Å². The summed E-state index contributed by atoms with van der Waals surface area (Å²) in [7, 11) is 0. The number of esters is 1. The van der Waals surface area contributed by atoms with Gasteiger partial charge in [-0.15, -0.1) is 0 Å². The van der Waals surface area contributed by atoms with Crippen molar-refractivity contribution in [1.82, 2.24) is 4.90 Å². The van der Waals surface area contributed by atoms with Crippen LogP contribution in [0.4, 0.5) is 0 Å². The number of nitrogens with zero attached hydrogens (tertiary/aromatic N) is 3. The smallest absolute Gasteiger partial charge is 0.444 e. The Balaban J connectivity index is 3.04. The van der Waals surface area contributed by atoms with E-state index in [1.54, 1.807) is 0 Å². The monoisotopic (exact) mass is 295 g/mol. The van der Waals surface area contributed by atoms with Gasteiger partial charge in [0, 0.05) is 26.0 Å². The van der Waals surface area contributed by atoms with Crippen LogP contribution >= 0.6 is 0 Å². The number of hydrogen-bond acceptors (Lipinski definition) is 5. The minimum Gasteiger partial charge on any atom is -0.453 e. The van der Waals surface area contributed by atoms with E-state index in [2.05, 4.69) is 16.1 Å². The van der Waals surface area contributed by atoms with Crippen LogP contribution in [0.3, 0.4) is 0 Å². The first-order valence-corrected chi connectivity index (χ1v) is 6.38. The number of ketones is 1. The average molecular weight is 295 g/mol. The molecule has 0 spiro atoms. The van der Waals surface area contributed by atoms with E-state index in [0.717, 1.165) is 0 Å². The molecule has 0 aromatic rings. The van der Waals surface area contributed by atoms with Gasteiger partial charge in [-0.05, 0) is 6.92 Å². The van der Waals surface area contributed by atoms with Crippen molar-refractivity contribution in [3.05, 3.63) is 18.2 Å². The van der Waals surface area contributed by atoms with Crippen LogP contribution in [0, 0.1) is 0 Å². The van der Waals surface area contributed by atoms with Crippen molar-refractivity contribution in [2.24, 2.45) is 0 Å². The lowest BCUT2D eigenvalue weighted by Gasteiger charge is -2.44. The first-order chi connectivity index (χ1) is 9.92. The maximum Gasteiger partial charge on any atom is 0.444 e. The predicted molar refractivity (Wildman–Crippen MR) is 71.2 cm³/mol. The molecule has 1 heterocycles. The molecule has 1 aliphatic heterocycles. The van der Waals surface area contributed by atoms with Gasteiger partial charge in [0.2, 0.25) is 5.91 Å². The molecule has 0 aromatic carbocycles. The maximum absolute atomic E-state index is 12.4. The Morgan fingerprint density at radius 2 is 2.29 bits per heavy atom. The third kappa shape index (κ3) is 3.24. The lowest BCUT2D eigenvalue weighted by atomic mass is 9.85. The SMILES string of the molecule is C=CCOC(=O)C(=[N+]=[N-])C(=O)[C@@](C)(CCO)N1CCC1=O. The van der Waals surface area contributed by atoms with Crippen molar-refractivity contribution in [1.29, 1.82) is 0 Å². The minimum atomic E-state index is -1.45. The number of rotatable bonds is 8. The topological polar surface area (TPSA) is 120 Å². The third-order valence-corrected chi connectivity index (χ3v) is 3.37. The highest BCUT2D eigenvalue weighted by atomic mass is 16.5. The molecule has 8 heteroatoms. The van der Waals surface area contributed by atoms with Gasteiger partial charge in [-0.2, -0.15) is 4.79 Å². The second-order valence-corrected chi connectivity index (χ2v) is 4.71. The normalized spacial score (nSPS) is 16.3. The van der Waals surface area contributed by atoms with Gasteiger partial charge in [-0.3, -0.25) is 9.59 Å². The van der Waals surface area contributed by atoms with E-state index in [-0.39, 0.29) is 25.5 Å². The van der Waals surface area contributed by atoms with Crippen molar-refractivity contribution in [2.45, 2.75) is 25.3 Å². The number of β-lactam (4-membered cyclic amide) rings is 1. The summed E-state index contributed by atoms with van der Waals surface area (Å²) in [5.41, 5.74) is 6.65. The highest BCUT2D eigenvalue weighted by Gasteiger charge is 2.52. The zero-order chi connectivity index (χ0) is 16.0. The molecule has 1 aliphatic rings. The van der Waals surface area contributed by atoms with Crippen LogP contribution in [0.15, 0.2) is 12.7 Å². The summed E-state index contributed by atoms with van der Waals surface area (Å²) in [6, 6.07) is 0. The Hall–Kier alpha value is -2.31. The molecule has 1 saturated heterocycles. The molecule has 0 unspecified atom stereocenters. The lowest BCUT2D eigenvalue weighted by molar-refractivity contribution is -0.156. The van der Waals surface area contributed by atoms with Gasteiger partial charge in [-0.25, -0.2) is 4.79 Å². The molecule has 0 aliphatic carbocycles. The molecule has 0 bridgehead atoms. The minimum absolute atomic E-state index is 0.0780. The average Bonchev–Trinajstić information content (AvgIpc) is 2.44. The molecule has 1 atom stereocenters. The van der Waals surface area contributed by atoms with Crippen LogP contribution in [0.2, 0.25) is 0 Å². The van der Waals surface area contributed by atoms with Crippen LogP contribution < -0.4 is 0 Å². The molecule has 1 amide bonds. The summed E-state index contributed by atoms with van der Waals surface area (Å²) in [4.78, 5) is 39.6. The van der Waals surface area contributed by atoms with Gasteiger partial charge in [0.15, 0.2) is 0 Å². The number of aliphatic hydroxyl groups excluding tert-OH is 1. The van der Waals surface area contributed by atoms with Gasteiger partial charge >= 0.3 is 11.7 Å². The second-order valence-electron chi connectivity index (χ2n) is 4.71. The molecular weight excluding hydrogens is 278 g/mol. The molecule has 0 saturated carbocycles. The quantitative estimate of drug-likeness (QED) is 0.121. The van der Waals surface area contributed by atoms with Gasteiger partial charge in [0.05, 0.1) is 0 Å². The van der Waals surface area contributed by atoms with E-state index >= 15 is 0 Å². The van der Waals surface area contributed by atoms with Gasteiger partial charge < -0.3 is 20.3 Å². The third-order valence-electron chi connectivity index (χ3n) is 3.37. The Morgan fingerprint density at radius 3 is 2.67 bits per heavy atom. The van der Waals surface area contributed by atoms with Gasteiger partial charge in [0.1, 0.15) is 12.1 Å². The Morgan fingerprint density at radius 1 is 1.62 bits per heavy atom. The molecule has 1 rings (SSSR count). The van der Waals surface area contributed by atoms with Crippen LogP contribution in [0.5, 0.6) is 0 Å². The number of carbonyl (C=O) groups excluding carboxylic acids is 3. The zero-order valence-corrected chi connectivity index (χ0v) is 11.7. The molecule has 114 valence electrons. The maximum atomic E-state index is 12.4. The highest BCUT2D eigenvalue weighted by Crippen LogP contribution is 2.27. The summed E-state index contributed by atoms with van der Waals surface area (Å²) >= 11 is 0. The van der Waals surface area contributed by atoms with Crippen LogP contribution in [-0.4, -0.2) is 63.5 Å². The number of carbonyl (C=O) groups is 3. The van der Waals surface area contributed by atoms with E-state index in [9.17, 15) is 14.4 Å². The van der Waals surface area contributed by atoms with Crippen LogP contribution in [0.1, 0.15) is 19.8 Å².